The van der Waals surface area contributed by atoms with Crippen LogP contribution >= 0.6 is 11.6 Å². The number of halogens is 1. The first-order valence-corrected chi connectivity index (χ1v) is 6.92. The van der Waals surface area contributed by atoms with E-state index in [-0.39, 0.29) is 11.3 Å². The second kappa shape index (κ2) is 6.11. The third-order valence-corrected chi connectivity index (χ3v) is 3.18. The van der Waals surface area contributed by atoms with E-state index in [1.807, 2.05) is 32.0 Å². The summed E-state index contributed by atoms with van der Waals surface area (Å²) >= 11 is 5.85. The Labute approximate surface area is 117 Å². The van der Waals surface area contributed by atoms with E-state index >= 15 is 0 Å². The first-order valence-electron chi connectivity index (χ1n) is 6.49. The van der Waals surface area contributed by atoms with Crippen molar-refractivity contribution in [1.82, 2.24) is 5.32 Å². The molecular weight excluding hydrogens is 262 g/mol. The largest absolute Gasteiger partial charge is 0.451 e. The number of aryl methyl sites for hydroxylation is 1. The van der Waals surface area contributed by atoms with Gasteiger partial charge in [-0.1, -0.05) is 11.6 Å². The zero-order chi connectivity index (χ0) is 13.8. The van der Waals surface area contributed by atoms with Crippen molar-refractivity contribution in [2.45, 2.75) is 32.1 Å². The Morgan fingerprint density at radius 1 is 1.42 bits per heavy atom. The summed E-state index contributed by atoms with van der Waals surface area (Å²) in [6.45, 7) is 4.58. The molecule has 2 rings (SSSR count). The third-order valence-electron chi connectivity index (χ3n) is 2.96. The Balaban J connectivity index is 1.97. The fourth-order valence-electron chi connectivity index (χ4n) is 1.95. The van der Waals surface area contributed by atoms with Crippen molar-refractivity contribution in [2.24, 2.45) is 0 Å². The number of amides is 1. The van der Waals surface area contributed by atoms with Crippen LogP contribution in [0.25, 0.3) is 11.0 Å². The average Bonchev–Trinajstić information content (AvgIpc) is 2.77. The molecule has 0 radical (unpaired) electrons. The molecule has 1 unspecified atom stereocenters. The lowest BCUT2D eigenvalue weighted by Crippen LogP contribution is -2.24. The predicted octanol–water partition coefficient (Wildman–Crippen LogP) is 3.88. The van der Waals surface area contributed by atoms with Gasteiger partial charge in [-0.15, -0.1) is 11.6 Å². The van der Waals surface area contributed by atoms with Gasteiger partial charge in [-0.05, 0) is 44.9 Å². The number of alkyl halides is 1. The van der Waals surface area contributed by atoms with Crippen molar-refractivity contribution >= 4 is 28.5 Å². The van der Waals surface area contributed by atoms with Gasteiger partial charge < -0.3 is 9.73 Å². The van der Waals surface area contributed by atoms with E-state index < -0.39 is 0 Å². The van der Waals surface area contributed by atoms with E-state index in [4.69, 9.17) is 16.0 Å². The Bertz CT molecular complexity index is 575. The second-order valence-corrected chi connectivity index (χ2v) is 5.58. The minimum Gasteiger partial charge on any atom is -0.451 e. The van der Waals surface area contributed by atoms with Crippen LogP contribution in [0.4, 0.5) is 0 Å². The Morgan fingerprint density at radius 3 is 2.95 bits per heavy atom. The summed E-state index contributed by atoms with van der Waals surface area (Å²) in [5.74, 6) is 0.190. The summed E-state index contributed by atoms with van der Waals surface area (Å²) in [5.41, 5.74) is 1.89. The fraction of sp³-hybridized carbons (Fsp3) is 0.400. The molecule has 1 aromatic heterocycles. The lowest BCUT2D eigenvalue weighted by atomic mass is 10.2. The highest BCUT2D eigenvalue weighted by molar-refractivity contribution is 6.20. The smallest absolute Gasteiger partial charge is 0.287 e. The number of rotatable bonds is 5. The predicted molar refractivity (Wildman–Crippen MR) is 77.8 cm³/mol. The van der Waals surface area contributed by atoms with Crippen LogP contribution in [-0.2, 0) is 0 Å². The van der Waals surface area contributed by atoms with Gasteiger partial charge in [0, 0.05) is 17.3 Å². The molecule has 0 spiro atoms. The Kier molecular flexibility index (Phi) is 4.48. The van der Waals surface area contributed by atoms with Crippen molar-refractivity contribution in [3.05, 3.63) is 35.6 Å². The van der Waals surface area contributed by atoms with Crippen LogP contribution in [0.3, 0.4) is 0 Å². The maximum Gasteiger partial charge on any atom is 0.287 e. The molecule has 1 atom stereocenters. The first-order chi connectivity index (χ1) is 9.06. The topological polar surface area (TPSA) is 42.2 Å². The summed E-state index contributed by atoms with van der Waals surface area (Å²) in [5, 5.41) is 3.94. The molecule has 0 bridgehead atoms. The van der Waals surface area contributed by atoms with Crippen molar-refractivity contribution < 1.29 is 9.21 Å². The van der Waals surface area contributed by atoms with Crippen molar-refractivity contribution in [2.75, 3.05) is 6.54 Å². The van der Waals surface area contributed by atoms with Crippen molar-refractivity contribution in [1.29, 1.82) is 0 Å². The number of hydrogen-bond acceptors (Lipinski definition) is 2. The number of carbonyl (C=O) groups excluding carboxylic acids is 1. The van der Waals surface area contributed by atoms with Crippen LogP contribution in [0.5, 0.6) is 0 Å². The van der Waals surface area contributed by atoms with Gasteiger partial charge in [0.1, 0.15) is 5.58 Å². The van der Waals surface area contributed by atoms with Crippen LogP contribution in [0.15, 0.2) is 28.7 Å². The highest BCUT2D eigenvalue weighted by Gasteiger charge is 2.11. The molecule has 4 heteroatoms. The lowest BCUT2D eigenvalue weighted by molar-refractivity contribution is 0.0927. The molecule has 3 nitrogen and oxygen atoms in total. The van der Waals surface area contributed by atoms with Crippen LogP contribution in [0.1, 0.15) is 35.9 Å². The van der Waals surface area contributed by atoms with E-state index in [1.165, 1.54) is 0 Å². The number of furan rings is 1. The van der Waals surface area contributed by atoms with Gasteiger partial charge in [0.2, 0.25) is 0 Å². The van der Waals surface area contributed by atoms with Gasteiger partial charge >= 0.3 is 0 Å². The molecule has 0 saturated carbocycles. The van der Waals surface area contributed by atoms with Crippen molar-refractivity contribution in [3.63, 3.8) is 0 Å². The summed E-state index contributed by atoms with van der Waals surface area (Å²) < 4.78 is 5.52. The van der Waals surface area contributed by atoms with Crippen LogP contribution < -0.4 is 5.32 Å². The first kappa shape index (κ1) is 13.9. The van der Waals surface area contributed by atoms with E-state index in [1.54, 1.807) is 6.07 Å². The fourth-order valence-corrected chi connectivity index (χ4v) is 2.10. The van der Waals surface area contributed by atoms with E-state index in [0.717, 1.165) is 29.4 Å². The van der Waals surface area contributed by atoms with Gasteiger partial charge in [-0.25, -0.2) is 0 Å². The van der Waals surface area contributed by atoms with Gasteiger partial charge in [0.05, 0.1) is 0 Å². The molecule has 0 aliphatic carbocycles. The highest BCUT2D eigenvalue weighted by Crippen LogP contribution is 2.20. The van der Waals surface area contributed by atoms with E-state index in [2.05, 4.69) is 5.32 Å². The summed E-state index contributed by atoms with van der Waals surface area (Å²) in [6, 6.07) is 7.64. The molecule has 1 heterocycles. The lowest BCUT2D eigenvalue weighted by Gasteiger charge is -2.04. The maximum absolute atomic E-state index is 11.9. The molecule has 0 aliphatic heterocycles. The summed E-state index contributed by atoms with van der Waals surface area (Å²) in [7, 11) is 0. The molecule has 1 amide bonds. The van der Waals surface area contributed by atoms with Gasteiger partial charge in [-0.3, -0.25) is 4.79 Å². The molecule has 0 saturated heterocycles. The highest BCUT2D eigenvalue weighted by atomic mass is 35.5. The quantitative estimate of drug-likeness (QED) is 0.667. The molecule has 1 aromatic carbocycles. The van der Waals surface area contributed by atoms with Gasteiger partial charge in [0.25, 0.3) is 5.91 Å². The third kappa shape index (κ3) is 3.74. The number of carbonyl (C=O) groups is 1. The van der Waals surface area contributed by atoms with Crippen LogP contribution in [-0.4, -0.2) is 17.8 Å². The normalized spacial score (nSPS) is 12.6. The van der Waals surface area contributed by atoms with Crippen LogP contribution in [0.2, 0.25) is 0 Å². The molecule has 2 aromatic rings. The second-order valence-electron chi connectivity index (χ2n) is 4.83. The molecule has 0 aliphatic rings. The molecule has 102 valence electrons. The molecular formula is C15H18ClNO2. The number of benzene rings is 1. The summed E-state index contributed by atoms with van der Waals surface area (Å²) in [6.07, 6.45) is 1.76. The Hall–Kier alpha value is -1.48. The monoisotopic (exact) mass is 279 g/mol. The standard InChI is InChI=1S/C15H18ClNO2/c1-10-5-6-13-12(8-10)9-14(19-13)15(18)17-7-3-4-11(2)16/h5-6,8-9,11H,3-4,7H2,1-2H3,(H,17,18). The van der Waals surface area contributed by atoms with E-state index in [9.17, 15) is 4.79 Å². The Morgan fingerprint density at radius 2 is 2.21 bits per heavy atom. The minimum absolute atomic E-state index is 0.145. The van der Waals surface area contributed by atoms with Crippen LogP contribution in [0, 0.1) is 6.92 Å². The zero-order valence-corrected chi connectivity index (χ0v) is 12.0. The van der Waals surface area contributed by atoms with Crippen molar-refractivity contribution in [3.8, 4) is 0 Å². The van der Waals surface area contributed by atoms with Gasteiger partial charge in [0.15, 0.2) is 5.76 Å². The minimum atomic E-state index is -0.170. The molecule has 0 fully saturated rings. The molecule has 1 N–H and O–H groups in total. The molecule has 19 heavy (non-hydrogen) atoms. The number of fused-ring (bicyclic) bond motifs is 1. The number of nitrogens with one attached hydrogen (secondary N) is 1. The van der Waals surface area contributed by atoms with E-state index in [0.29, 0.717) is 12.3 Å². The SMILES string of the molecule is Cc1ccc2oc(C(=O)NCCCC(C)Cl)cc2c1. The average molecular weight is 280 g/mol. The maximum atomic E-state index is 11.9. The van der Waals surface area contributed by atoms with Gasteiger partial charge in [-0.2, -0.15) is 0 Å². The summed E-state index contributed by atoms with van der Waals surface area (Å²) in [4.78, 5) is 11.9. The number of hydrogen-bond donors (Lipinski definition) is 1. The zero-order valence-electron chi connectivity index (χ0n) is 11.2.